The molecular weight excluding hydrogens is 245 g/mol. The third-order valence-electron chi connectivity index (χ3n) is 2.37. The number of hydrogen-bond acceptors (Lipinski definition) is 2. The molecule has 5 heteroatoms. The average molecular weight is 260 g/mol. The lowest BCUT2D eigenvalue weighted by molar-refractivity contribution is -0.125. The van der Waals surface area contributed by atoms with Crippen LogP contribution in [0.2, 0.25) is 5.02 Å². The standard InChI is InChI=1S/C12H15ClFNO2/c1-7(2)12(17)15-11(6-16)8-3-4-10(14)9(13)5-8/h3-5,7,11,16H,6H2,1-2H3,(H,15,17)/t11-/m0/s1. The highest BCUT2D eigenvalue weighted by atomic mass is 35.5. The first-order valence-corrected chi connectivity index (χ1v) is 5.69. The zero-order valence-corrected chi connectivity index (χ0v) is 10.5. The summed E-state index contributed by atoms with van der Waals surface area (Å²) in [5, 5.41) is 11.8. The van der Waals surface area contributed by atoms with Gasteiger partial charge < -0.3 is 10.4 Å². The molecule has 0 aromatic heterocycles. The Labute approximate surface area is 105 Å². The van der Waals surface area contributed by atoms with Gasteiger partial charge in [0.05, 0.1) is 17.7 Å². The summed E-state index contributed by atoms with van der Waals surface area (Å²) in [6, 6.07) is 3.53. The van der Waals surface area contributed by atoms with Gasteiger partial charge in [0.2, 0.25) is 5.91 Å². The summed E-state index contributed by atoms with van der Waals surface area (Å²) in [6.07, 6.45) is 0. The molecule has 94 valence electrons. The van der Waals surface area contributed by atoms with Crippen LogP contribution in [0.4, 0.5) is 4.39 Å². The molecule has 1 atom stereocenters. The van der Waals surface area contributed by atoms with Gasteiger partial charge in [0, 0.05) is 5.92 Å². The van der Waals surface area contributed by atoms with Gasteiger partial charge in [0.25, 0.3) is 0 Å². The molecule has 0 aliphatic carbocycles. The van der Waals surface area contributed by atoms with E-state index in [4.69, 9.17) is 11.6 Å². The Morgan fingerprint density at radius 3 is 2.65 bits per heavy atom. The summed E-state index contributed by atoms with van der Waals surface area (Å²) in [7, 11) is 0. The van der Waals surface area contributed by atoms with Crippen LogP contribution >= 0.6 is 11.6 Å². The third-order valence-corrected chi connectivity index (χ3v) is 2.66. The van der Waals surface area contributed by atoms with Crippen LogP contribution < -0.4 is 5.32 Å². The van der Waals surface area contributed by atoms with Gasteiger partial charge in [0.1, 0.15) is 5.82 Å². The monoisotopic (exact) mass is 259 g/mol. The van der Waals surface area contributed by atoms with Crippen LogP contribution in [0.25, 0.3) is 0 Å². The molecule has 0 bridgehead atoms. The lowest BCUT2D eigenvalue weighted by Gasteiger charge is -2.18. The lowest BCUT2D eigenvalue weighted by atomic mass is 10.1. The van der Waals surface area contributed by atoms with Gasteiger partial charge in [-0.15, -0.1) is 0 Å². The van der Waals surface area contributed by atoms with Gasteiger partial charge in [-0.1, -0.05) is 31.5 Å². The van der Waals surface area contributed by atoms with Crippen molar-refractivity contribution < 1.29 is 14.3 Å². The SMILES string of the molecule is CC(C)C(=O)N[C@@H](CO)c1ccc(F)c(Cl)c1. The van der Waals surface area contributed by atoms with Gasteiger partial charge in [-0.3, -0.25) is 4.79 Å². The van der Waals surface area contributed by atoms with Crippen LogP contribution in [0.3, 0.4) is 0 Å². The highest BCUT2D eigenvalue weighted by molar-refractivity contribution is 6.30. The number of nitrogens with one attached hydrogen (secondary N) is 1. The van der Waals surface area contributed by atoms with E-state index in [1.54, 1.807) is 13.8 Å². The second-order valence-corrected chi connectivity index (χ2v) is 4.48. The number of carbonyl (C=O) groups excluding carboxylic acids is 1. The summed E-state index contributed by atoms with van der Waals surface area (Å²) in [4.78, 5) is 11.5. The number of benzene rings is 1. The van der Waals surface area contributed by atoms with Crippen molar-refractivity contribution in [2.75, 3.05) is 6.61 Å². The van der Waals surface area contributed by atoms with E-state index in [1.807, 2.05) is 0 Å². The molecule has 17 heavy (non-hydrogen) atoms. The lowest BCUT2D eigenvalue weighted by Crippen LogP contribution is -2.33. The molecule has 1 rings (SSSR count). The predicted octanol–water partition coefficient (Wildman–Crippen LogP) is 2.28. The average Bonchev–Trinajstić information content (AvgIpc) is 2.29. The second kappa shape index (κ2) is 5.98. The van der Waals surface area contributed by atoms with Crippen molar-refractivity contribution >= 4 is 17.5 Å². The molecule has 2 N–H and O–H groups in total. The van der Waals surface area contributed by atoms with Crippen molar-refractivity contribution in [1.82, 2.24) is 5.32 Å². The van der Waals surface area contributed by atoms with Crippen LogP contribution in [-0.2, 0) is 4.79 Å². The van der Waals surface area contributed by atoms with E-state index in [-0.39, 0.29) is 23.5 Å². The molecule has 3 nitrogen and oxygen atoms in total. The number of rotatable bonds is 4. The molecule has 0 radical (unpaired) electrons. The molecule has 1 aromatic rings. The zero-order valence-electron chi connectivity index (χ0n) is 9.71. The van der Waals surface area contributed by atoms with E-state index in [0.717, 1.165) is 0 Å². The largest absolute Gasteiger partial charge is 0.394 e. The molecular formula is C12H15ClFNO2. The van der Waals surface area contributed by atoms with E-state index in [1.165, 1.54) is 18.2 Å². The summed E-state index contributed by atoms with van der Waals surface area (Å²) in [5.41, 5.74) is 0.577. The molecule has 1 aromatic carbocycles. The van der Waals surface area contributed by atoms with E-state index in [9.17, 15) is 14.3 Å². The van der Waals surface area contributed by atoms with Crippen molar-refractivity contribution in [2.24, 2.45) is 5.92 Å². The number of aliphatic hydroxyl groups is 1. The minimum Gasteiger partial charge on any atom is -0.394 e. The first kappa shape index (κ1) is 13.9. The minimum atomic E-state index is -0.567. The molecule has 0 fully saturated rings. The fourth-order valence-electron chi connectivity index (χ4n) is 1.30. The van der Waals surface area contributed by atoms with Crippen LogP contribution in [0.5, 0.6) is 0 Å². The Bertz CT molecular complexity index is 409. The second-order valence-electron chi connectivity index (χ2n) is 4.07. The highest BCUT2D eigenvalue weighted by Crippen LogP contribution is 2.21. The molecule has 0 saturated carbocycles. The Hall–Kier alpha value is -1.13. The van der Waals surface area contributed by atoms with Crippen molar-refractivity contribution in [3.8, 4) is 0 Å². The Morgan fingerprint density at radius 2 is 2.18 bits per heavy atom. The molecule has 0 aliphatic rings. The van der Waals surface area contributed by atoms with Crippen molar-refractivity contribution in [3.63, 3.8) is 0 Å². The Kier molecular flexibility index (Phi) is 4.90. The van der Waals surface area contributed by atoms with Crippen LogP contribution in [-0.4, -0.2) is 17.6 Å². The van der Waals surface area contributed by atoms with Gasteiger partial charge in [-0.05, 0) is 17.7 Å². The first-order chi connectivity index (χ1) is 7.95. The van der Waals surface area contributed by atoms with Crippen LogP contribution in [0, 0.1) is 11.7 Å². The maximum absolute atomic E-state index is 13.0. The maximum Gasteiger partial charge on any atom is 0.223 e. The van der Waals surface area contributed by atoms with E-state index in [2.05, 4.69) is 5.32 Å². The van der Waals surface area contributed by atoms with Gasteiger partial charge >= 0.3 is 0 Å². The van der Waals surface area contributed by atoms with Crippen LogP contribution in [0.15, 0.2) is 18.2 Å². The van der Waals surface area contributed by atoms with Crippen molar-refractivity contribution in [2.45, 2.75) is 19.9 Å². The Morgan fingerprint density at radius 1 is 1.53 bits per heavy atom. The van der Waals surface area contributed by atoms with Gasteiger partial charge in [-0.25, -0.2) is 4.39 Å². The smallest absolute Gasteiger partial charge is 0.223 e. The Balaban J connectivity index is 2.86. The topological polar surface area (TPSA) is 49.3 Å². The summed E-state index contributed by atoms with van der Waals surface area (Å²) >= 11 is 5.64. The highest BCUT2D eigenvalue weighted by Gasteiger charge is 2.16. The quantitative estimate of drug-likeness (QED) is 0.872. The number of carbonyl (C=O) groups is 1. The van der Waals surface area contributed by atoms with E-state index >= 15 is 0 Å². The molecule has 0 aliphatic heterocycles. The number of aliphatic hydroxyl groups excluding tert-OH is 1. The summed E-state index contributed by atoms with van der Waals surface area (Å²) < 4.78 is 13.0. The minimum absolute atomic E-state index is 0.0280. The number of amides is 1. The fraction of sp³-hybridized carbons (Fsp3) is 0.417. The molecule has 0 spiro atoms. The predicted molar refractivity (Wildman–Crippen MR) is 64.2 cm³/mol. The zero-order chi connectivity index (χ0) is 13.0. The normalized spacial score (nSPS) is 12.6. The molecule has 0 unspecified atom stereocenters. The summed E-state index contributed by atoms with van der Waals surface area (Å²) in [6.45, 7) is 3.24. The number of hydrogen-bond donors (Lipinski definition) is 2. The van der Waals surface area contributed by atoms with Crippen molar-refractivity contribution in [1.29, 1.82) is 0 Å². The van der Waals surface area contributed by atoms with Crippen LogP contribution in [0.1, 0.15) is 25.5 Å². The van der Waals surface area contributed by atoms with Gasteiger partial charge in [-0.2, -0.15) is 0 Å². The molecule has 0 heterocycles. The number of halogens is 2. The maximum atomic E-state index is 13.0. The first-order valence-electron chi connectivity index (χ1n) is 5.32. The molecule has 1 amide bonds. The van der Waals surface area contributed by atoms with Gasteiger partial charge in [0.15, 0.2) is 0 Å². The third kappa shape index (κ3) is 3.68. The van der Waals surface area contributed by atoms with E-state index in [0.29, 0.717) is 5.56 Å². The van der Waals surface area contributed by atoms with E-state index < -0.39 is 11.9 Å². The molecule has 0 saturated heterocycles. The van der Waals surface area contributed by atoms with Crippen molar-refractivity contribution in [3.05, 3.63) is 34.6 Å². The fourth-order valence-corrected chi connectivity index (χ4v) is 1.49. The summed E-state index contributed by atoms with van der Waals surface area (Å²) in [5.74, 6) is -0.883.